The summed E-state index contributed by atoms with van der Waals surface area (Å²) in [6.07, 6.45) is 5.71. The number of nitrogens with zero attached hydrogens (tertiary/aromatic N) is 6. The molecule has 3 saturated heterocycles. The van der Waals surface area contributed by atoms with Crippen LogP contribution in [0.25, 0.3) is 0 Å². The predicted molar refractivity (Wildman–Crippen MR) is 308 cm³/mol. The summed E-state index contributed by atoms with van der Waals surface area (Å²) in [5.41, 5.74) is 3.60. The maximum Gasteiger partial charge on any atom is 0.249 e. The molecule has 1 unspecified atom stereocenters. The van der Waals surface area contributed by atoms with Gasteiger partial charge in [0.05, 0.1) is 5.69 Å². The van der Waals surface area contributed by atoms with Gasteiger partial charge in [-0.3, -0.25) is 14.4 Å². The van der Waals surface area contributed by atoms with E-state index in [0.29, 0.717) is 105 Å². The number of rotatable bonds is 25. The fourth-order valence-corrected chi connectivity index (χ4v) is 12.2. The van der Waals surface area contributed by atoms with Crippen molar-refractivity contribution in [1.29, 1.82) is 0 Å². The van der Waals surface area contributed by atoms with Crippen LogP contribution in [0.4, 0.5) is 26.1 Å². The minimum absolute atomic E-state index is 0.0393. The van der Waals surface area contributed by atoms with E-state index >= 15 is 4.39 Å². The van der Waals surface area contributed by atoms with Crippen LogP contribution in [0, 0.1) is 35.3 Å². The number of carbonyl (C=O) groups is 3. The van der Waals surface area contributed by atoms with Crippen molar-refractivity contribution in [2.45, 2.75) is 109 Å². The first-order chi connectivity index (χ1) is 37.1. The summed E-state index contributed by atoms with van der Waals surface area (Å²) in [6, 6.07) is 22.3. The normalized spacial score (nSPS) is 20.5. The molecule has 3 amide bonds. The number of aromatic nitrogens is 2. The second-order valence-electron chi connectivity index (χ2n) is 22.5. The predicted octanol–water partition coefficient (Wildman–Crippen LogP) is 5.83. The second-order valence-corrected chi connectivity index (χ2v) is 23.3. The summed E-state index contributed by atoms with van der Waals surface area (Å²) < 4.78 is 30.9. The molecule has 77 heavy (non-hydrogen) atoms. The zero-order chi connectivity index (χ0) is 54.5. The van der Waals surface area contributed by atoms with Crippen molar-refractivity contribution in [3.8, 4) is 0 Å². The largest absolute Gasteiger partial charge is 0.383 e. The number of amides is 3. The molecule has 0 bridgehead atoms. The molecule has 16 nitrogen and oxygen atoms in total. The van der Waals surface area contributed by atoms with Gasteiger partial charge in [-0.25, -0.2) is 18.7 Å². The molecule has 418 valence electrons. The van der Waals surface area contributed by atoms with Crippen molar-refractivity contribution < 1.29 is 28.3 Å². The fourth-order valence-electron chi connectivity index (χ4n) is 11.9. The molecule has 6 atom stereocenters. The highest BCUT2D eigenvalue weighted by atomic mass is 127. The fraction of sp³-hybridized carbons (Fsp3) is 0.569. The van der Waals surface area contributed by atoms with Crippen LogP contribution in [0.3, 0.4) is 0 Å². The van der Waals surface area contributed by atoms with Crippen LogP contribution in [0.1, 0.15) is 81.5 Å². The third-order valence-electron chi connectivity index (χ3n) is 16.3. The molecule has 1 aromatic heterocycles. The van der Waals surface area contributed by atoms with Crippen molar-refractivity contribution in [1.82, 2.24) is 46.4 Å². The maximum absolute atomic E-state index is 15.3. The smallest absolute Gasteiger partial charge is 0.249 e. The van der Waals surface area contributed by atoms with E-state index in [1.165, 1.54) is 12.1 Å². The lowest BCUT2D eigenvalue weighted by molar-refractivity contribution is -0.136. The molecular formula is C58H81F2IN12O4. The molecule has 1 spiro atoms. The summed E-state index contributed by atoms with van der Waals surface area (Å²) in [5.74, 6) is 1.13. The average Bonchev–Trinajstić information content (AvgIpc) is 4.01. The Balaban J connectivity index is 0.705. The molecule has 1 saturated carbocycles. The van der Waals surface area contributed by atoms with Gasteiger partial charge in [-0.15, -0.1) is 0 Å². The number of nitrogens with one attached hydrogen (secondary N) is 6. The zero-order valence-corrected chi connectivity index (χ0v) is 47.5. The molecule has 3 aromatic carbocycles. The monoisotopic (exact) mass is 1170 g/mol. The van der Waals surface area contributed by atoms with Gasteiger partial charge in [0.15, 0.2) is 0 Å². The molecule has 0 radical (unpaired) electrons. The highest BCUT2D eigenvalue weighted by Gasteiger charge is 2.42. The summed E-state index contributed by atoms with van der Waals surface area (Å²) in [5, 5.41) is 30.1. The van der Waals surface area contributed by atoms with E-state index in [1.807, 2.05) is 74.2 Å². The molecule has 4 aromatic rings. The second kappa shape index (κ2) is 27.7. The van der Waals surface area contributed by atoms with E-state index in [2.05, 4.69) is 98.3 Å². The Labute approximate surface area is 467 Å². The van der Waals surface area contributed by atoms with Crippen molar-refractivity contribution >= 4 is 57.6 Å². The summed E-state index contributed by atoms with van der Waals surface area (Å²) >= 11 is 2.15. The lowest BCUT2D eigenvalue weighted by Crippen LogP contribution is -2.64. The molecule has 4 heterocycles. The van der Waals surface area contributed by atoms with Gasteiger partial charge in [0.25, 0.3) is 0 Å². The Morgan fingerprint density at radius 3 is 2.31 bits per heavy atom. The van der Waals surface area contributed by atoms with Crippen molar-refractivity contribution in [2.24, 2.45) is 23.7 Å². The molecule has 4 fully saturated rings. The number of carbonyl (C=O) groups excluding carboxylic acids is 3. The number of alkyl halides is 1. The number of hydrogen-bond acceptors (Lipinski definition) is 13. The van der Waals surface area contributed by atoms with Crippen LogP contribution >= 0.6 is 22.6 Å². The molecule has 4 aliphatic rings. The van der Waals surface area contributed by atoms with Crippen LogP contribution in [0.2, 0.25) is 0 Å². The number of benzene rings is 3. The van der Waals surface area contributed by atoms with Gasteiger partial charge in [0.2, 0.25) is 17.7 Å². The van der Waals surface area contributed by atoms with Crippen molar-refractivity contribution in [2.75, 3.05) is 92.2 Å². The number of likely N-dealkylation sites (N-methyl/N-ethyl adjacent to an activating group) is 1. The Morgan fingerprint density at radius 1 is 0.857 bits per heavy atom. The number of likely N-dealkylation sites (tertiary alicyclic amines) is 1. The number of piperazine rings is 1. The van der Waals surface area contributed by atoms with E-state index in [9.17, 15) is 23.9 Å². The van der Waals surface area contributed by atoms with Crippen molar-refractivity contribution in [3.63, 3.8) is 0 Å². The summed E-state index contributed by atoms with van der Waals surface area (Å²) in [7, 11) is 2.12. The first-order valence-corrected chi connectivity index (χ1v) is 29.3. The quantitative estimate of drug-likeness (QED) is 0.0240. The number of fused-ring (bicyclic) bond motifs is 1. The van der Waals surface area contributed by atoms with E-state index in [0.717, 1.165) is 86.7 Å². The van der Waals surface area contributed by atoms with Crippen LogP contribution in [0.5, 0.6) is 0 Å². The average molecular weight is 1180 g/mol. The molecule has 8 rings (SSSR count). The summed E-state index contributed by atoms with van der Waals surface area (Å²) in [6.45, 7) is 14.5. The van der Waals surface area contributed by atoms with Gasteiger partial charge < -0.3 is 56.6 Å². The lowest BCUT2D eigenvalue weighted by atomic mass is 9.85. The number of aliphatic hydroxyl groups is 1. The lowest BCUT2D eigenvalue weighted by Gasteiger charge is -2.49. The number of aliphatic hydroxyl groups excluding tert-OH is 1. The molecular weight excluding hydrogens is 1090 g/mol. The Bertz CT molecular complexity index is 2560. The number of piperidine rings is 1. The van der Waals surface area contributed by atoms with E-state index in [1.54, 1.807) is 6.33 Å². The Hall–Kier alpha value is -5.06. The highest BCUT2D eigenvalue weighted by Crippen LogP contribution is 2.40. The number of hydrogen-bond donors (Lipinski definition) is 7. The van der Waals surface area contributed by atoms with Crippen LogP contribution in [0.15, 0.2) is 79.1 Å². The van der Waals surface area contributed by atoms with Crippen LogP contribution in [-0.2, 0) is 40.4 Å². The van der Waals surface area contributed by atoms with E-state index in [-0.39, 0.29) is 40.8 Å². The van der Waals surface area contributed by atoms with Crippen LogP contribution < -0.4 is 41.7 Å². The first-order valence-electron chi connectivity index (χ1n) is 27.8. The third kappa shape index (κ3) is 16.3. The standard InChI is InChI=1S/C58H81F2IN12O4/c1-39(2)23-50(69-57(77)55(75)40(3)24-41-9-6-5-7-10-41)56(76)63-16-21-70(4)47-26-45-34-71(35-46(45)27-47)18-13-54(74)65-32-43-12-8-11-42(25-43)31-64-52-30-53(67-38-66-52)72-19-14-58(15-20-72)36-73(22-17-68-58)51-29-48(59)44(28-49(51)60)33-62-37-61/h5-12,25,28-30,38-40,45-47,50,55,62,68,75H,13-24,26-27,31-37H2,1-4H3,(H,63,76)(H,65,74)(H,69,77)(H,64,66,67)/t40-,45-,46+,47?,50+,55+/m1/s1. The minimum atomic E-state index is -1.22. The van der Waals surface area contributed by atoms with E-state index < -0.39 is 18.1 Å². The van der Waals surface area contributed by atoms with Gasteiger partial charge in [0, 0.05) is 125 Å². The van der Waals surface area contributed by atoms with E-state index in [4.69, 9.17) is 0 Å². The third-order valence-corrected chi connectivity index (χ3v) is 16.8. The molecule has 19 heteroatoms. The number of halogens is 3. The first kappa shape index (κ1) is 58.1. The zero-order valence-electron chi connectivity index (χ0n) is 45.4. The maximum atomic E-state index is 15.3. The Kier molecular flexibility index (Phi) is 20.9. The summed E-state index contributed by atoms with van der Waals surface area (Å²) in [4.78, 5) is 57.7. The van der Waals surface area contributed by atoms with Gasteiger partial charge in [-0.2, -0.15) is 0 Å². The van der Waals surface area contributed by atoms with Gasteiger partial charge in [-0.05, 0) is 92.0 Å². The van der Waals surface area contributed by atoms with Crippen LogP contribution in [-0.4, -0.2) is 143 Å². The minimum Gasteiger partial charge on any atom is -0.383 e. The molecule has 7 N–H and O–H groups in total. The Morgan fingerprint density at radius 2 is 1.58 bits per heavy atom. The van der Waals surface area contributed by atoms with Crippen molar-refractivity contribution in [3.05, 3.63) is 113 Å². The van der Waals surface area contributed by atoms with Gasteiger partial charge in [0.1, 0.15) is 41.7 Å². The van der Waals surface area contributed by atoms with Gasteiger partial charge >= 0.3 is 0 Å². The highest BCUT2D eigenvalue weighted by molar-refractivity contribution is 14.1. The molecule has 3 aliphatic heterocycles. The van der Waals surface area contributed by atoms with Gasteiger partial charge in [-0.1, -0.05) is 98.0 Å². The topological polar surface area (TPSA) is 182 Å². The number of anilines is 3. The SMILES string of the molecule is CC(C)C[C@H](NC(=O)[C@@H](O)[C@H](C)Cc1ccccc1)C(=O)NCCN(C)C1C[C@@H]2CN(CCC(=O)NCc3cccc(CNc4cc(N5CCC6(CC5)CN(c5cc(F)c(CNCI)cc5F)CCN6)ncn4)c3)C[C@@H]2C1. The molecule has 1 aliphatic carbocycles.